The SMILES string of the molecule is CCCOc1ccc(C(=O)NNC(=O)C2CCN(c3ccc(C(F)(F)F)cn3)CC2)cc1OC. The summed E-state index contributed by atoms with van der Waals surface area (Å²) in [6, 6.07) is 7.06. The zero-order chi connectivity index (χ0) is 24.7. The zero-order valence-corrected chi connectivity index (χ0v) is 18.9. The third-order valence-corrected chi connectivity index (χ3v) is 5.45. The van der Waals surface area contributed by atoms with Gasteiger partial charge in [0.05, 0.1) is 19.3 Å². The van der Waals surface area contributed by atoms with Crippen molar-refractivity contribution in [2.24, 2.45) is 5.92 Å². The second kappa shape index (κ2) is 11.1. The number of halogens is 3. The maximum atomic E-state index is 12.7. The fourth-order valence-corrected chi connectivity index (χ4v) is 3.54. The van der Waals surface area contributed by atoms with Gasteiger partial charge in [-0.15, -0.1) is 0 Å². The molecule has 1 aromatic heterocycles. The van der Waals surface area contributed by atoms with E-state index in [4.69, 9.17) is 9.47 Å². The molecule has 1 saturated heterocycles. The lowest BCUT2D eigenvalue weighted by molar-refractivity contribution is -0.137. The number of nitrogens with one attached hydrogen (secondary N) is 2. The molecular weight excluding hydrogens is 453 g/mol. The molecule has 2 amide bonds. The Morgan fingerprint density at radius 3 is 2.44 bits per heavy atom. The Kier molecular flexibility index (Phi) is 8.19. The number of hydrogen-bond acceptors (Lipinski definition) is 6. The number of nitrogens with zero attached hydrogens (tertiary/aromatic N) is 2. The average Bonchev–Trinajstić information content (AvgIpc) is 2.85. The van der Waals surface area contributed by atoms with Crippen LogP contribution >= 0.6 is 0 Å². The number of ether oxygens (including phenoxy) is 2. The van der Waals surface area contributed by atoms with E-state index in [1.807, 2.05) is 11.8 Å². The van der Waals surface area contributed by atoms with E-state index in [2.05, 4.69) is 15.8 Å². The topological polar surface area (TPSA) is 92.8 Å². The van der Waals surface area contributed by atoms with Crippen molar-refractivity contribution < 1.29 is 32.2 Å². The Balaban J connectivity index is 1.49. The Hall–Kier alpha value is -3.50. The standard InChI is InChI=1S/C23H27F3N4O4/c1-3-12-34-18-6-4-16(13-19(18)33-2)22(32)29-28-21(31)15-8-10-30(11-9-15)20-7-5-17(14-27-20)23(24,25)26/h4-7,13-15H,3,8-12H2,1-2H3,(H,28,31)(H,29,32). The van der Waals surface area contributed by atoms with E-state index in [1.54, 1.807) is 12.1 Å². The molecule has 0 atom stereocenters. The smallest absolute Gasteiger partial charge is 0.417 e. The molecule has 3 rings (SSSR count). The van der Waals surface area contributed by atoms with Gasteiger partial charge in [0.1, 0.15) is 5.82 Å². The van der Waals surface area contributed by atoms with Crippen LogP contribution in [-0.2, 0) is 11.0 Å². The number of carbonyl (C=O) groups is 2. The monoisotopic (exact) mass is 480 g/mol. The lowest BCUT2D eigenvalue weighted by Gasteiger charge is -2.32. The average molecular weight is 480 g/mol. The van der Waals surface area contributed by atoms with Gasteiger partial charge in [-0.05, 0) is 49.6 Å². The number of piperidine rings is 1. The van der Waals surface area contributed by atoms with Crippen LogP contribution in [0.15, 0.2) is 36.5 Å². The maximum Gasteiger partial charge on any atom is 0.417 e. The molecule has 1 aliphatic rings. The summed E-state index contributed by atoms with van der Waals surface area (Å²) >= 11 is 0. The number of hydrogen-bond donors (Lipinski definition) is 2. The number of rotatable bonds is 7. The highest BCUT2D eigenvalue weighted by Crippen LogP contribution is 2.30. The van der Waals surface area contributed by atoms with E-state index in [0.717, 1.165) is 18.7 Å². The minimum atomic E-state index is -4.43. The molecule has 1 fully saturated rings. The molecule has 2 N–H and O–H groups in total. The van der Waals surface area contributed by atoms with Crippen LogP contribution in [0.1, 0.15) is 42.1 Å². The molecule has 2 aromatic rings. The number of anilines is 1. The van der Waals surface area contributed by atoms with Gasteiger partial charge in [0, 0.05) is 30.8 Å². The van der Waals surface area contributed by atoms with Gasteiger partial charge in [0.25, 0.3) is 5.91 Å². The van der Waals surface area contributed by atoms with Crippen LogP contribution in [0.3, 0.4) is 0 Å². The highest BCUT2D eigenvalue weighted by atomic mass is 19.4. The van der Waals surface area contributed by atoms with E-state index in [0.29, 0.717) is 55.4 Å². The molecule has 11 heteroatoms. The number of hydrazine groups is 1. The third kappa shape index (κ3) is 6.30. The summed E-state index contributed by atoms with van der Waals surface area (Å²) in [5.41, 5.74) is 4.34. The molecule has 0 saturated carbocycles. The molecule has 0 spiro atoms. The predicted octanol–water partition coefficient (Wildman–Crippen LogP) is 3.58. The van der Waals surface area contributed by atoms with E-state index < -0.39 is 17.6 Å². The van der Waals surface area contributed by atoms with E-state index in [1.165, 1.54) is 19.2 Å². The number of pyridine rings is 1. The fourth-order valence-electron chi connectivity index (χ4n) is 3.54. The van der Waals surface area contributed by atoms with Crippen molar-refractivity contribution in [3.63, 3.8) is 0 Å². The molecule has 0 aliphatic carbocycles. The number of amides is 2. The molecule has 8 nitrogen and oxygen atoms in total. The van der Waals surface area contributed by atoms with Crippen molar-refractivity contribution in [2.45, 2.75) is 32.4 Å². The first-order chi connectivity index (χ1) is 16.2. The molecule has 0 unspecified atom stereocenters. The maximum absolute atomic E-state index is 12.7. The van der Waals surface area contributed by atoms with Gasteiger partial charge in [-0.3, -0.25) is 20.4 Å². The number of benzene rings is 1. The summed E-state index contributed by atoms with van der Waals surface area (Å²) in [5.74, 6) is 0.199. The molecule has 1 aromatic carbocycles. The third-order valence-electron chi connectivity index (χ3n) is 5.45. The van der Waals surface area contributed by atoms with Crippen LogP contribution < -0.4 is 25.2 Å². The fraction of sp³-hybridized carbons (Fsp3) is 0.435. The van der Waals surface area contributed by atoms with Crippen molar-refractivity contribution in [1.29, 1.82) is 0 Å². The number of methoxy groups -OCH3 is 1. The summed E-state index contributed by atoms with van der Waals surface area (Å²) in [7, 11) is 1.48. The number of carbonyl (C=O) groups excluding carboxylic acids is 2. The van der Waals surface area contributed by atoms with Gasteiger partial charge < -0.3 is 14.4 Å². The Bertz CT molecular complexity index is 991. The lowest BCUT2D eigenvalue weighted by atomic mass is 9.96. The van der Waals surface area contributed by atoms with Crippen molar-refractivity contribution >= 4 is 17.6 Å². The van der Waals surface area contributed by atoms with Crippen molar-refractivity contribution in [2.75, 3.05) is 31.7 Å². The Labute approximate surface area is 195 Å². The largest absolute Gasteiger partial charge is 0.493 e. The molecule has 184 valence electrons. The van der Waals surface area contributed by atoms with Gasteiger partial charge in [-0.25, -0.2) is 4.98 Å². The summed E-state index contributed by atoms with van der Waals surface area (Å²) < 4.78 is 48.9. The van der Waals surface area contributed by atoms with Crippen LogP contribution in [0.25, 0.3) is 0 Å². The van der Waals surface area contributed by atoms with Gasteiger partial charge in [0.15, 0.2) is 11.5 Å². The summed E-state index contributed by atoms with van der Waals surface area (Å²) in [4.78, 5) is 30.7. The normalized spacial score (nSPS) is 14.4. The molecule has 0 bridgehead atoms. The highest BCUT2D eigenvalue weighted by molar-refractivity contribution is 5.96. The quantitative estimate of drug-likeness (QED) is 0.589. The van der Waals surface area contributed by atoms with Crippen LogP contribution in [0.4, 0.5) is 19.0 Å². The van der Waals surface area contributed by atoms with Gasteiger partial charge in [-0.2, -0.15) is 13.2 Å². The summed E-state index contributed by atoms with van der Waals surface area (Å²) in [5, 5.41) is 0. The first-order valence-electron chi connectivity index (χ1n) is 10.9. The molecule has 1 aliphatic heterocycles. The van der Waals surface area contributed by atoms with Crippen LogP contribution in [0.2, 0.25) is 0 Å². The van der Waals surface area contributed by atoms with E-state index in [9.17, 15) is 22.8 Å². The number of aromatic nitrogens is 1. The summed E-state index contributed by atoms with van der Waals surface area (Å²) in [6.45, 7) is 3.42. The van der Waals surface area contributed by atoms with Gasteiger partial charge in [-0.1, -0.05) is 6.92 Å². The Morgan fingerprint density at radius 2 is 1.85 bits per heavy atom. The van der Waals surface area contributed by atoms with E-state index >= 15 is 0 Å². The first-order valence-corrected chi connectivity index (χ1v) is 10.9. The molecule has 34 heavy (non-hydrogen) atoms. The van der Waals surface area contributed by atoms with Gasteiger partial charge >= 0.3 is 6.18 Å². The summed E-state index contributed by atoms with van der Waals surface area (Å²) in [6.07, 6.45) is -1.85. The van der Waals surface area contributed by atoms with Crippen LogP contribution in [0.5, 0.6) is 11.5 Å². The lowest BCUT2D eigenvalue weighted by Crippen LogP contribution is -2.47. The first kappa shape index (κ1) is 25.1. The van der Waals surface area contributed by atoms with Crippen molar-refractivity contribution in [3.05, 3.63) is 47.7 Å². The Morgan fingerprint density at radius 1 is 1.12 bits per heavy atom. The van der Waals surface area contributed by atoms with Crippen LogP contribution in [-0.4, -0.2) is 43.6 Å². The van der Waals surface area contributed by atoms with Crippen LogP contribution in [0, 0.1) is 5.92 Å². The molecular formula is C23H27F3N4O4. The highest BCUT2D eigenvalue weighted by Gasteiger charge is 2.31. The minimum absolute atomic E-state index is 0.296. The predicted molar refractivity (Wildman–Crippen MR) is 119 cm³/mol. The second-order valence-electron chi connectivity index (χ2n) is 7.82. The second-order valence-corrected chi connectivity index (χ2v) is 7.82. The molecule has 0 radical (unpaired) electrons. The van der Waals surface area contributed by atoms with Gasteiger partial charge in [0.2, 0.25) is 5.91 Å². The number of alkyl halides is 3. The van der Waals surface area contributed by atoms with Crippen molar-refractivity contribution in [1.82, 2.24) is 15.8 Å². The zero-order valence-electron chi connectivity index (χ0n) is 18.9. The van der Waals surface area contributed by atoms with Crippen molar-refractivity contribution in [3.8, 4) is 11.5 Å². The molecule has 2 heterocycles. The minimum Gasteiger partial charge on any atom is -0.493 e. The van der Waals surface area contributed by atoms with E-state index in [-0.39, 0.29) is 11.8 Å².